The highest BCUT2D eigenvalue weighted by atomic mass is 16.5. The van der Waals surface area contributed by atoms with Crippen LogP contribution >= 0.6 is 0 Å². The molecule has 0 unspecified atom stereocenters. The Morgan fingerprint density at radius 3 is 1.44 bits per heavy atom. The Bertz CT molecular complexity index is 1670. The largest absolute Gasteiger partial charge is 0.478 e. The van der Waals surface area contributed by atoms with Gasteiger partial charge in [-0.05, 0) is 74.5 Å². The van der Waals surface area contributed by atoms with E-state index in [2.05, 4.69) is 35.3 Å². The summed E-state index contributed by atoms with van der Waals surface area (Å²) in [6, 6.07) is 24.8. The topological polar surface area (TPSA) is 142 Å². The van der Waals surface area contributed by atoms with E-state index in [4.69, 9.17) is 4.74 Å². The van der Waals surface area contributed by atoms with E-state index < -0.39 is 23.8 Å². The first-order chi connectivity index (χ1) is 20.6. The van der Waals surface area contributed by atoms with Crippen molar-refractivity contribution in [3.8, 4) is 36.2 Å². The van der Waals surface area contributed by atoms with Crippen molar-refractivity contribution in [3.63, 3.8) is 0 Å². The second-order valence-corrected chi connectivity index (χ2v) is 8.34. The van der Waals surface area contributed by atoms with E-state index >= 15 is 0 Å². The van der Waals surface area contributed by atoms with Crippen molar-refractivity contribution in [2.75, 3.05) is 10.6 Å². The number of benzene rings is 4. The first kappa shape index (κ1) is 32.9. The fraction of sp³-hybridized carbons (Fsp3) is 0.0588. The van der Waals surface area contributed by atoms with E-state index in [1.165, 1.54) is 24.3 Å². The predicted octanol–water partition coefficient (Wildman–Crippen LogP) is 6.66. The molecule has 0 aliphatic heterocycles. The summed E-state index contributed by atoms with van der Waals surface area (Å²) in [5.41, 5.74) is 0.717. The molecule has 43 heavy (non-hydrogen) atoms. The van der Waals surface area contributed by atoms with E-state index in [9.17, 15) is 29.4 Å². The maximum Gasteiger partial charge on any atom is 0.336 e. The van der Waals surface area contributed by atoms with E-state index in [-0.39, 0.29) is 22.3 Å². The van der Waals surface area contributed by atoms with Crippen LogP contribution in [0, 0.1) is 24.7 Å². The lowest BCUT2D eigenvalue weighted by Crippen LogP contribution is -2.16. The monoisotopic (exact) mass is 576 g/mol. The van der Waals surface area contributed by atoms with Gasteiger partial charge >= 0.3 is 11.9 Å². The van der Waals surface area contributed by atoms with Gasteiger partial charge in [-0.3, -0.25) is 9.59 Å². The molecule has 0 radical (unpaired) electrons. The average molecular weight is 577 g/mol. The van der Waals surface area contributed by atoms with Gasteiger partial charge in [-0.15, -0.1) is 24.7 Å². The van der Waals surface area contributed by atoms with Gasteiger partial charge in [-0.1, -0.05) is 30.3 Å². The molecular formula is C34H28N2O7. The average Bonchev–Trinajstić information content (AvgIpc) is 2.99. The highest BCUT2D eigenvalue weighted by Gasteiger charge is 2.17. The van der Waals surface area contributed by atoms with Crippen LogP contribution in [0.5, 0.6) is 11.5 Å². The van der Waals surface area contributed by atoms with Gasteiger partial charge in [0.05, 0.1) is 22.3 Å². The van der Waals surface area contributed by atoms with Gasteiger partial charge in [0.15, 0.2) is 0 Å². The number of carboxylic acids is 2. The van der Waals surface area contributed by atoms with Crippen molar-refractivity contribution in [1.82, 2.24) is 0 Å². The summed E-state index contributed by atoms with van der Waals surface area (Å²) < 4.78 is 5.83. The molecule has 0 aliphatic carbocycles. The lowest BCUT2D eigenvalue weighted by atomic mass is 10.1. The number of ether oxygens (including phenoxy) is 1. The summed E-state index contributed by atoms with van der Waals surface area (Å²) in [5, 5.41) is 23.9. The zero-order valence-electron chi connectivity index (χ0n) is 23.3. The van der Waals surface area contributed by atoms with Crippen LogP contribution in [0.4, 0.5) is 11.4 Å². The highest BCUT2D eigenvalue weighted by molar-refractivity contribution is 6.11. The van der Waals surface area contributed by atoms with Gasteiger partial charge in [0.25, 0.3) is 11.8 Å². The SMILES string of the molecule is C#CC.C#CC.O=C(O)c1ccccc1C(=O)Nc1ccc(Oc2cccc(NC(=O)c3ccccc3C(=O)O)c2)cc1. The standard InChI is InChI=1S/C28H20N2O7.2C3H4/c31-25(21-8-1-3-10-23(21)27(33)34)29-17-12-14-19(15-13-17)37-20-7-5-6-18(16-20)30-26(32)22-9-2-4-11-24(22)28(35)36;2*1-3-2/h1-16H,(H,29,31)(H,30,32)(H,33,34)(H,35,36);2*1H,2H3. The quantitative estimate of drug-likeness (QED) is 0.172. The Morgan fingerprint density at radius 1 is 0.581 bits per heavy atom. The third kappa shape index (κ3) is 9.98. The van der Waals surface area contributed by atoms with E-state index in [1.807, 2.05) is 0 Å². The molecule has 4 rings (SSSR count). The summed E-state index contributed by atoms with van der Waals surface area (Å²) in [7, 11) is 0. The minimum Gasteiger partial charge on any atom is -0.478 e. The van der Waals surface area contributed by atoms with E-state index in [0.29, 0.717) is 22.9 Å². The van der Waals surface area contributed by atoms with Crippen LogP contribution in [-0.4, -0.2) is 34.0 Å². The number of carbonyl (C=O) groups is 4. The van der Waals surface area contributed by atoms with Gasteiger partial charge in [-0.25, -0.2) is 9.59 Å². The van der Waals surface area contributed by atoms with Crippen molar-refractivity contribution >= 4 is 35.1 Å². The van der Waals surface area contributed by atoms with Gasteiger partial charge in [0.1, 0.15) is 11.5 Å². The number of aromatic carboxylic acids is 2. The number of terminal acetylenes is 2. The summed E-state index contributed by atoms with van der Waals surface area (Å²) >= 11 is 0. The molecule has 0 aromatic heterocycles. The molecule has 0 atom stereocenters. The van der Waals surface area contributed by atoms with Gasteiger partial charge in [-0.2, -0.15) is 0 Å². The van der Waals surface area contributed by atoms with Crippen molar-refractivity contribution in [1.29, 1.82) is 0 Å². The van der Waals surface area contributed by atoms with Crippen molar-refractivity contribution in [2.45, 2.75) is 13.8 Å². The first-order valence-electron chi connectivity index (χ1n) is 12.5. The molecule has 4 aromatic carbocycles. The first-order valence-corrected chi connectivity index (χ1v) is 12.5. The molecular weight excluding hydrogens is 548 g/mol. The maximum absolute atomic E-state index is 12.6. The normalized spacial score (nSPS) is 9.21. The summed E-state index contributed by atoms with van der Waals surface area (Å²) in [6.07, 6.45) is 9.19. The smallest absolute Gasteiger partial charge is 0.336 e. The van der Waals surface area contributed by atoms with Crippen LogP contribution in [-0.2, 0) is 0 Å². The molecule has 9 heteroatoms. The fourth-order valence-electron chi connectivity index (χ4n) is 3.51. The molecule has 0 fully saturated rings. The Kier molecular flexibility index (Phi) is 12.8. The fourth-order valence-corrected chi connectivity index (χ4v) is 3.51. The Morgan fingerprint density at radius 2 is 1.00 bits per heavy atom. The van der Waals surface area contributed by atoms with Crippen LogP contribution in [0.3, 0.4) is 0 Å². The molecule has 4 aromatic rings. The van der Waals surface area contributed by atoms with Crippen LogP contribution in [0.25, 0.3) is 0 Å². The number of anilines is 2. The number of hydrogen-bond donors (Lipinski definition) is 4. The minimum atomic E-state index is -1.20. The number of carboxylic acid groups (broad SMARTS) is 2. The molecule has 216 valence electrons. The summed E-state index contributed by atoms with van der Waals surface area (Å²) in [6.45, 7) is 3.31. The molecule has 4 N–H and O–H groups in total. The molecule has 0 aliphatic rings. The molecule has 0 heterocycles. The molecule has 2 amide bonds. The highest BCUT2D eigenvalue weighted by Crippen LogP contribution is 2.26. The Balaban J connectivity index is 0.000000992. The molecule has 0 spiro atoms. The van der Waals surface area contributed by atoms with Gasteiger partial charge in [0, 0.05) is 17.4 Å². The summed E-state index contributed by atoms with van der Waals surface area (Å²) in [5.74, 6) is 1.84. The van der Waals surface area contributed by atoms with Crippen LogP contribution < -0.4 is 15.4 Å². The number of hydrogen-bond acceptors (Lipinski definition) is 5. The molecule has 9 nitrogen and oxygen atoms in total. The number of nitrogens with one attached hydrogen (secondary N) is 2. The van der Waals surface area contributed by atoms with Crippen molar-refractivity contribution in [3.05, 3.63) is 119 Å². The van der Waals surface area contributed by atoms with Crippen LogP contribution in [0.1, 0.15) is 55.3 Å². The number of amides is 2. The summed E-state index contributed by atoms with van der Waals surface area (Å²) in [4.78, 5) is 47.9. The third-order valence-electron chi connectivity index (χ3n) is 5.24. The predicted molar refractivity (Wildman–Crippen MR) is 165 cm³/mol. The Hall–Kier alpha value is -6.32. The van der Waals surface area contributed by atoms with Crippen molar-refractivity contribution < 1.29 is 34.1 Å². The lowest BCUT2D eigenvalue weighted by Gasteiger charge is -2.11. The van der Waals surface area contributed by atoms with Gasteiger partial charge < -0.3 is 25.6 Å². The third-order valence-corrected chi connectivity index (χ3v) is 5.24. The van der Waals surface area contributed by atoms with Crippen LogP contribution in [0.15, 0.2) is 97.1 Å². The molecule has 0 saturated carbocycles. The minimum absolute atomic E-state index is 0.0323. The lowest BCUT2D eigenvalue weighted by molar-refractivity contribution is 0.0683. The maximum atomic E-state index is 12.6. The van der Waals surface area contributed by atoms with Gasteiger partial charge in [0.2, 0.25) is 0 Å². The number of carbonyl (C=O) groups excluding carboxylic acids is 2. The zero-order chi connectivity index (χ0) is 31.8. The second-order valence-electron chi connectivity index (χ2n) is 8.34. The van der Waals surface area contributed by atoms with E-state index in [0.717, 1.165) is 0 Å². The van der Waals surface area contributed by atoms with Crippen molar-refractivity contribution in [2.24, 2.45) is 0 Å². The number of rotatable bonds is 8. The molecule has 0 saturated heterocycles. The second kappa shape index (κ2) is 16.7. The zero-order valence-corrected chi connectivity index (χ0v) is 23.3. The van der Waals surface area contributed by atoms with E-state index in [1.54, 1.807) is 86.6 Å². The van der Waals surface area contributed by atoms with Crippen LogP contribution in [0.2, 0.25) is 0 Å². The Labute approximate surface area is 249 Å². The molecule has 0 bridgehead atoms.